The molecule has 1 amide bonds. The predicted octanol–water partition coefficient (Wildman–Crippen LogP) is -0.488. The third-order valence-electron chi connectivity index (χ3n) is 3.17. The summed E-state index contributed by atoms with van der Waals surface area (Å²) in [7, 11) is -3.91. The SMILES string of the molecule is CC1NC(O)NC(=O)C1S(=O)(=O)NCc1ccccc1Cl. The smallest absolute Gasteiger partial charge is 0.244 e. The van der Waals surface area contributed by atoms with E-state index < -0.39 is 33.6 Å². The number of amides is 1. The fraction of sp³-hybridized carbons (Fsp3) is 0.417. The Balaban J connectivity index is 2.11. The Kier molecular flexibility index (Phi) is 4.84. The summed E-state index contributed by atoms with van der Waals surface area (Å²) in [6, 6.07) is 6.10. The first-order chi connectivity index (χ1) is 9.81. The van der Waals surface area contributed by atoms with Crippen LogP contribution in [0.25, 0.3) is 0 Å². The van der Waals surface area contributed by atoms with Crippen molar-refractivity contribution in [3.05, 3.63) is 34.9 Å². The van der Waals surface area contributed by atoms with Gasteiger partial charge in [0.2, 0.25) is 15.9 Å². The van der Waals surface area contributed by atoms with E-state index in [0.29, 0.717) is 10.6 Å². The van der Waals surface area contributed by atoms with Crippen LogP contribution in [0.4, 0.5) is 0 Å². The number of aliphatic hydroxyl groups is 1. The minimum atomic E-state index is -3.91. The van der Waals surface area contributed by atoms with Crippen LogP contribution in [0.5, 0.6) is 0 Å². The van der Waals surface area contributed by atoms with E-state index in [4.69, 9.17) is 11.6 Å². The van der Waals surface area contributed by atoms with E-state index in [0.717, 1.165) is 0 Å². The molecule has 1 aliphatic rings. The molecule has 0 aliphatic carbocycles. The first-order valence-electron chi connectivity index (χ1n) is 6.27. The van der Waals surface area contributed by atoms with Crippen molar-refractivity contribution in [1.82, 2.24) is 15.4 Å². The lowest BCUT2D eigenvalue weighted by Crippen LogP contribution is -2.66. The van der Waals surface area contributed by atoms with E-state index in [-0.39, 0.29) is 6.54 Å². The zero-order valence-electron chi connectivity index (χ0n) is 11.2. The second-order valence-electron chi connectivity index (χ2n) is 4.74. The number of hydrogen-bond acceptors (Lipinski definition) is 5. The molecule has 1 fully saturated rings. The maximum atomic E-state index is 12.3. The Hall–Kier alpha value is -1.19. The van der Waals surface area contributed by atoms with Crippen molar-refractivity contribution < 1.29 is 18.3 Å². The highest BCUT2D eigenvalue weighted by Crippen LogP contribution is 2.16. The number of hydrogen-bond donors (Lipinski definition) is 4. The van der Waals surface area contributed by atoms with Gasteiger partial charge in [-0.05, 0) is 18.6 Å². The number of benzene rings is 1. The van der Waals surface area contributed by atoms with Crippen molar-refractivity contribution in [2.75, 3.05) is 0 Å². The van der Waals surface area contributed by atoms with Crippen LogP contribution in [-0.4, -0.2) is 37.1 Å². The lowest BCUT2D eigenvalue weighted by Gasteiger charge is -2.32. The summed E-state index contributed by atoms with van der Waals surface area (Å²) >= 11 is 5.96. The highest BCUT2D eigenvalue weighted by molar-refractivity contribution is 7.90. The molecule has 1 aliphatic heterocycles. The molecule has 3 atom stereocenters. The van der Waals surface area contributed by atoms with Crippen LogP contribution in [0.1, 0.15) is 12.5 Å². The van der Waals surface area contributed by atoms with E-state index >= 15 is 0 Å². The highest BCUT2D eigenvalue weighted by Gasteiger charge is 2.41. The van der Waals surface area contributed by atoms with Crippen molar-refractivity contribution in [3.8, 4) is 0 Å². The van der Waals surface area contributed by atoms with Crippen molar-refractivity contribution in [1.29, 1.82) is 0 Å². The molecule has 3 unspecified atom stereocenters. The van der Waals surface area contributed by atoms with Crippen molar-refractivity contribution in [3.63, 3.8) is 0 Å². The number of aliphatic hydroxyl groups excluding tert-OH is 1. The van der Waals surface area contributed by atoms with Gasteiger partial charge in [-0.25, -0.2) is 13.1 Å². The molecule has 21 heavy (non-hydrogen) atoms. The minimum Gasteiger partial charge on any atom is -0.361 e. The molecule has 9 heteroatoms. The Morgan fingerprint density at radius 3 is 2.67 bits per heavy atom. The molecule has 1 heterocycles. The van der Waals surface area contributed by atoms with E-state index in [1.54, 1.807) is 24.3 Å². The van der Waals surface area contributed by atoms with E-state index in [1.807, 2.05) is 0 Å². The molecule has 0 radical (unpaired) electrons. The molecule has 116 valence electrons. The fourth-order valence-corrected chi connectivity index (χ4v) is 3.85. The number of rotatable bonds is 4. The first kappa shape index (κ1) is 16.2. The molecular formula is C12H16ClN3O4S. The normalized spacial score (nSPS) is 26.4. The fourth-order valence-electron chi connectivity index (χ4n) is 2.14. The summed E-state index contributed by atoms with van der Waals surface area (Å²) in [5, 5.41) is 13.1. The van der Waals surface area contributed by atoms with Gasteiger partial charge in [0, 0.05) is 17.6 Å². The Morgan fingerprint density at radius 1 is 1.38 bits per heavy atom. The summed E-state index contributed by atoms with van der Waals surface area (Å²) in [4.78, 5) is 11.8. The molecule has 2 rings (SSSR count). The Morgan fingerprint density at radius 2 is 2.05 bits per heavy atom. The third kappa shape index (κ3) is 3.72. The number of carbonyl (C=O) groups is 1. The van der Waals surface area contributed by atoms with Crippen molar-refractivity contribution in [2.24, 2.45) is 0 Å². The molecule has 1 aromatic rings. The zero-order valence-corrected chi connectivity index (χ0v) is 12.8. The maximum absolute atomic E-state index is 12.3. The van der Waals surface area contributed by atoms with Crippen molar-refractivity contribution in [2.45, 2.75) is 31.1 Å². The van der Waals surface area contributed by atoms with Crippen molar-refractivity contribution >= 4 is 27.5 Å². The van der Waals surface area contributed by atoms with Gasteiger partial charge in [0.25, 0.3) is 0 Å². The first-order valence-corrected chi connectivity index (χ1v) is 8.20. The molecule has 0 saturated carbocycles. The van der Waals surface area contributed by atoms with Gasteiger partial charge in [0.1, 0.15) is 0 Å². The lowest BCUT2D eigenvalue weighted by atomic mass is 10.2. The van der Waals surface area contributed by atoms with Crippen LogP contribution in [-0.2, 0) is 21.4 Å². The van der Waals surface area contributed by atoms with E-state index in [9.17, 15) is 18.3 Å². The average Bonchev–Trinajstić information content (AvgIpc) is 2.36. The number of nitrogens with one attached hydrogen (secondary N) is 3. The summed E-state index contributed by atoms with van der Waals surface area (Å²) in [5.74, 6) is -0.750. The van der Waals surface area contributed by atoms with Gasteiger partial charge in [-0.2, -0.15) is 0 Å². The average molecular weight is 334 g/mol. The summed E-state index contributed by atoms with van der Waals surface area (Å²) in [6.45, 7) is 1.50. The summed E-state index contributed by atoms with van der Waals surface area (Å²) in [5.41, 5.74) is 0.611. The second-order valence-corrected chi connectivity index (χ2v) is 7.04. The second kappa shape index (κ2) is 6.29. The molecule has 1 aromatic carbocycles. The molecule has 0 aromatic heterocycles. The van der Waals surface area contributed by atoms with E-state index in [1.165, 1.54) is 6.92 Å². The molecule has 0 spiro atoms. The third-order valence-corrected chi connectivity index (χ3v) is 5.37. The Labute approximate surface area is 127 Å². The maximum Gasteiger partial charge on any atom is 0.244 e. The van der Waals surface area contributed by atoms with Crippen LogP contribution in [0.15, 0.2) is 24.3 Å². The van der Waals surface area contributed by atoms with Crippen LogP contribution in [0, 0.1) is 0 Å². The lowest BCUT2D eigenvalue weighted by molar-refractivity contribution is -0.127. The quantitative estimate of drug-likeness (QED) is 0.595. The van der Waals surface area contributed by atoms with Gasteiger partial charge in [-0.3, -0.25) is 10.1 Å². The predicted molar refractivity (Wildman–Crippen MR) is 77.7 cm³/mol. The molecule has 7 nitrogen and oxygen atoms in total. The topological polar surface area (TPSA) is 108 Å². The largest absolute Gasteiger partial charge is 0.361 e. The van der Waals surface area contributed by atoms with Crippen LogP contribution >= 0.6 is 11.6 Å². The molecule has 4 N–H and O–H groups in total. The van der Waals surface area contributed by atoms with Crippen LogP contribution in [0.2, 0.25) is 5.02 Å². The molecule has 1 saturated heterocycles. The Bertz CT molecular complexity index is 637. The van der Waals surface area contributed by atoms with Gasteiger partial charge >= 0.3 is 0 Å². The monoisotopic (exact) mass is 333 g/mol. The van der Waals surface area contributed by atoms with Gasteiger partial charge in [0.05, 0.1) is 0 Å². The standard InChI is InChI=1S/C12H16ClN3O4S/c1-7-10(11(17)16-12(18)15-7)21(19,20)14-6-8-4-2-3-5-9(8)13/h2-5,7,10,12,14-15,18H,6H2,1H3,(H,16,17). The van der Waals surface area contributed by atoms with Crippen LogP contribution in [0.3, 0.4) is 0 Å². The minimum absolute atomic E-state index is 0.0128. The summed E-state index contributed by atoms with van der Waals surface area (Å²) in [6.07, 6.45) is -1.25. The summed E-state index contributed by atoms with van der Waals surface area (Å²) < 4.78 is 26.9. The highest BCUT2D eigenvalue weighted by atomic mass is 35.5. The van der Waals surface area contributed by atoms with Gasteiger partial charge in [0.15, 0.2) is 11.6 Å². The number of halogens is 1. The number of carbonyl (C=O) groups excluding carboxylic acids is 1. The van der Waals surface area contributed by atoms with Gasteiger partial charge in [-0.1, -0.05) is 29.8 Å². The number of sulfonamides is 1. The van der Waals surface area contributed by atoms with E-state index in [2.05, 4.69) is 15.4 Å². The molecule has 0 bridgehead atoms. The molecular weight excluding hydrogens is 318 g/mol. The zero-order chi connectivity index (χ0) is 15.6. The van der Waals surface area contributed by atoms with Gasteiger partial charge < -0.3 is 10.4 Å². The van der Waals surface area contributed by atoms with Crippen LogP contribution < -0.4 is 15.4 Å². The van der Waals surface area contributed by atoms with Gasteiger partial charge in [-0.15, -0.1) is 0 Å².